The van der Waals surface area contributed by atoms with Crippen molar-refractivity contribution in [3.8, 4) is 0 Å². The summed E-state index contributed by atoms with van der Waals surface area (Å²) in [6.45, 7) is 7.37. The first-order valence-corrected chi connectivity index (χ1v) is 24.1. The second kappa shape index (κ2) is 49.7. The fourth-order valence-electron chi connectivity index (χ4n) is 5.96. The molecule has 0 aliphatic carbocycles. The molecule has 0 rings (SSSR count). The van der Waals surface area contributed by atoms with Gasteiger partial charge in [-0.3, -0.25) is 9.59 Å². The van der Waals surface area contributed by atoms with Gasteiger partial charge in [0.2, 0.25) is 0 Å². The van der Waals surface area contributed by atoms with Gasteiger partial charge in [0.25, 0.3) is 0 Å². The molecule has 60 heavy (non-hydrogen) atoms. The molecule has 0 aliphatic rings. The van der Waals surface area contributed by atoms with Crippen molar-refractivity contribution in [2.24, 2.45) is 0 Å². The lowest BCUT2D eigenvalue weighted by Crippen LogP contribution is -2.30. The van der Waals surface area contributed by atoms with Crippen molar-refractivity contribution >= 4 is 11.9 Å². The zero-order chi connectivity index (χ0) is 43.5. The van der Waals surface area contributed by atoms with E-state index < -0.39 is 6.10 Å². The molecule has 5 heteroatoms. The Morgan fingerprint density at radius 2 is 0.783 bits per heavy atom. The zero-order valence-electron chi connectivity index (χ0n) is 38.7. The predicted octanol–water partition coefficient (Wildman–Crippen LogP) is 16.2. The maximum Gasteiger partial charge on any atom is 0.306 e. The van der Waals surface area contributed by atoms with E-state index in [0.29, 0.717) is 25.9 Å². The lowest BCUT2D eigenvalue weighted by Gasteiger charge is -2.18. The van der Waals surface area contributed by atoms with Crippen LogP contribution in [-0.2, 0) is 23.8 Å². The Hall–Kier alpha value is -3.70. The fourth-order valence-corrected chi connectivity index (χ4v) is 5.96. The summed E-state index contributed by atoms with van der Waals surface area (Å²) in [7, 11) is 0. The summed E-state index contributed by atoms with van der Waals surface area (Å²) in [5.41, 5.74) is 0. The van der Waals surface area contributed by atoms with Gasteiger partial charge in [0.15, 0.2) is 6.10 Å². The Labute approximate surface area is 369 Å². The molecule has 0 fully saturated rings. The first kappa shape index (κ1) is 56.3. The van der Waals surface area contributed by atoms with Crippen molar-refractivity contribution in [2.75, 3.05) is 19.8 Å². The Balaban J connectivity index is 4.43. The number of rotatable bonds is 42. The van der Waals surface area contributed by atoms with E-state index in [0.717, 1.165) is 109 Å². The van der Waals surface area contributed by atoms with Crippen LogP contribution in [0.5, 0.6) is 0 Å². The molecule has 0 amide bonds. The van der Waals surface area contributed by atoms with Crippen LogP contribution in [0.1, 0.15) is 188 Å². The molecule has 338 valence electrons. The molecular weight excluding hydrogens is 741 g/mol. The molecule has 0 aromatic rings. The fraction of sp³-hybridized carbons (Fsp3) is 0.600. The second-order valence-electron chi connectivity index (χ2n) is 15.2. The maximum absolute atomic E-state index is 12.8. The van der Waals surface area contributed by atoms with Crippen LogP contribution in [0.2, 0.25) is 0 Å². The van der Waals surface area contributed by atoms with Crippen LogP contribution >= 0.6 is 0 Å². The normalized spacial score (nSPS) is 13.3. The number of esters is 2. The van der Waals surface area contributed by atoms with Gasteiger partial charge >= 0.3 is 11.9 Å². The number of carbonyl (C=O) groups excluding carboxylic acids is 2. The maximum atomic E-state index is 12.8. The van der Waals surface area contributed by atoms with Crippen molar-refractivity contribution in [3.63, 3.8) is 0 Å². The highest BCUT2D eigenvalue weighted by Crippen LogP contribution is 2.11. The third kappa shape index (κ3) is 47.0. The van der Waals surface area contributed by atoms with Crippen LogP contribution in [0, 0.1) is 0 Å². The van der Waals surface area contributed by atoms with E-state index in [4.69, 9.17) is 14.2 Å². The molecule has 0 radical (unpaired) electrons. The Morgan fingerprint density at radius 1 is 0.383 bits per heavy atom. The van der Waals surface area contributed by atoms with E-state index >= 15 is 0 Å². The minimum atomic E-state index is -0.589. The minimum absolute atomic E-state index is 0.0258. The summed E-state index contributed by atoms with van der Waals surface area (Å²) in [4.78, 5) is 25.3. The van der Waals surface area contributed by atoms with Crippen LogP contribution in [0.4, 0.5) is 0 Å². The SMILES string of the molecule is CC/C=C\C/C=C\C/C=C\C/C=C\CCCCCCCOCC(COC(=O)CC/C=C\C/C=C\C/C=C\C/C=C\CC)OC(=O)CCCCCCC/C=C\C/C=C\CCC. The van der Waals surface area contributed by atoms with Gasteiger partial charge in [-0.05, 0) is 109 Å². The average molecular weight is 829 g/mol. The zero-order valence-corrected chi connectivity index (χ0v) is 38.7. The standard InChI is InChI=1S/C55H88O5/c1-4-7-10-13-16-19-22-25-26-27-28-29-32-35-38-41-44-47-50-58-51-53(60-55(57)49-46-43-40-37-34-31-24-21-18-15-12-9-6-3)52-59-54(56)48-45-42-39-36-33-30-23-20-17-14-11-8-5-2/h7-8,10-12,15-17,19-21,24-26,28-30,33,39,42,53H,4-6,9,13-14,18,22-23,27,31-32,34-38,40-41,43-52H2,1-3H3/b10-7-,11-8-,15-12-,19-16-,20-17-,24-21-,26-25-,29-28-,33-30-,42-39-. The van der Waals surface area contributed by atoms with E-state index in [1.807, 2.05) is 6.08 Å². The molecule has 0 bridgehead atoms. The lowest BCUT2D eigenvalue weighted by atomic mass is 10.1. The van der Waals surface area contributed by atoms with E-state index in [1.54, 1.807) is 0 Å². The monoisotopic (exact) mass is 829 g/mol. The van der Waals surface area contributed by atoms with E-state index in [1.165, 1.54) is 38.5 Å². The predicted molar refractivity (Wildman–Crippen MR) is 260 cm³/mol. The van der Waals surface area contributed by atoms with Gasteiger partial charge in [0, 0.05) is 19.4 Å². The van der Waals surface area contributed by atoms with Crippen LogP contribution < -0.4 is 0 Å². The summed E-state index contributed by atoms with van der Waals surface area (Å²) in [5.74, 6) is -0.529. The third-order valence-corrected chi connectivity index (χ3v) is 9.46. The van der Waals surface area contributed by atoms with Gasteiger partial charge in [0.1, 0.15) is 6.61 Å². The van der Waals surface area contributed by atoms with Crippen molar-refractivity contribution in [1.82, 2.24) is 0 Å². The Bertz CT molecular complexity index is 1260. The average Bonchev–Trinajstić information content (AvgIpc) is 3.25. The van der Waals surface area contributed by atoms with Crippen LogP contribution in [0.15, 0.2) is 122 Å². The Morgan fingerprint density at radius 3 is 1.27 bits per heavy atom. The number of carbonyl (C=O) groups is 2. The molecule has 0 aromatic carbocycles. The van der Waals surface area contributed by atoms with Crippen molar-refractivity contribution in [2.45, 2.75) is 194 Å². The van der Waals surface area contributed by atoms with Crippen molar-refractivity contribution in [1.29, 1.82) is 0 Å². The number of hydrogen-bond acceptors (Lipinski definition) is 5. The van der Waals surface area contributed by atoms with Crippen LogP contribution in [0.25, 0.3) is 0 Å². The molecule has 0 N–H and O–H groups in total. The lowest BCUT2D eigenvalue weighted by molar-refractivity contribution is -0.162. The topological polar surface area (TPSA) is 61.8 Å². The summed E-state index contributed by atoms with van der Waals surface area (Å²) in [5, 5.41) is 0. The van der Waals surface area contributed by atoms with Gasteiger partial charge in [-0.2, -0.15) is 0 Å². The number of unbranched alkanes of at least 4 members (excludes halogenated alkanes) is 11. The molecule has 1 unspecified atom stereocenters. The molecule has 0 saturated heterocycles. The van der Waals surface area contributed by atoms with Gasteiger partial charge < -0.3 is 14.2 Å². The van der Waals surface area contributed by atoms with Gasteiger partial charge in [-0.1, -0.05) is 187 Å². The summed E-state index contributed by atoms with van der Waals surface area (Å²) >= 11 is 0. The molecular formula is C55H88O5. The molecule has 0 spiro atoms. The smallest absolute Gasteiger partial charge is 0.306 e. The third-order valence-electron chi connectivity index (χ3n) is 9.46. The highest BCUT2D eigenvalue weighted by atomic mass is 16.6. The molecule has 1 atom stereocenters. The van der Waals surface area contributed by atoms with E-state index in [2.05, 4.69) is 136 Å². The minimum Gasteiger partial charge on any atom is -0.462 e. The molecule has 0 aliphatic heterocycles. The quantitative estimate of drug-likeness (QED) is 0.0348. The van der Waals surface area contributed by atoms with Crippen LogP contribution in [-0.4, -0.2) is 37.9 Å². The van der Waals surface area contributed by atoms with E-state index in [-0.39, 0.29) is 25.2 Å². The molecule has 0 saturated carbocycles. The van der Waals surface area contributed by atoms with Gasteiger partial charge in [-0.25, -0.2) is 0 Å². The number of hydrogen-bond donors (Lipinski definition) is 0. The second-order valence-corrected chi connectivity index (χ2v) is 15.2. The molecule has 5 nitrogen and oxygen atoms in total. The number of allylic oxidation sites excluding steroid dienone is 20. The first-order valence-electron chi connectivity index (χ1n) is 24.1. The largest absolute Gasteiger partial charge is 0.462 e. The summed E-state index contributed by atoms with van der Waals surface area (Å²) < 4.78 is 17.3. The van der Waals surface area contributed by atoms with Crippen molar-refractivity contribution < 1.29 is 23.8 Å². The van der Waals surface area contributed by atoms with Gasteiger partial charge in [-0.15, -0.1) is 0 Å². The summed E-state index contributed by atoms with van der Waals surface area (Å²) in [6.07, 6.45) is 69.3. The van der Waals surface area contributed by atoms with Gasteiger partial charge in [0.05, 0.1) is 6.61 Å². The molecule has 0 aromatic heterocycles. The molecule has 0 heterocycles. The highest BCUT2D eigenvalue weighted by molar-refractivity contribution is 5.70. The van der Waals surface area contributed by atoms with Crippen molar-refractivity contribution in [3.05, 3.63) is 122 Å². The van der Waals surface area contributed by atoms with Crippen LogP contribution in [0.3, 0.4) is 0 Å². The Kier molecular flexibility index (Phi) is 46.6. The first-order chi connectivity index (χ1) is 29.6. The number of ether oxygens (including phenoxy) is 3. The highest BCUT2D eigenvalue weighted by Gasteiger charge is 2.17. The van der Waals surface area contributed by atoms with E-state index in [9.17, 15) is 9.59 Å². The summed E-state index contributed by atoms with van der Waals surface area (Å²) in [6, 6.07) is 0.